The van der Waals surface area contributed by atoms with Crippen LogP contribution in [0.5, 0.6) is 0 Å². The largest absolute Gasteiger partial charge is 0.474 e. The van der Waals surface area contributed by atoms with E-state index in [9.17, 15) is 0 Å². The fraction of sp³-hybridized carbons (Fsp3) is 0.800. The number of thioether (sulfide) groups is 1. The molecular weight excluding hydrogens is 140 g/mol. The van der Waals surface area contributed by atoms with Gasteiger partial charge in [0.1, 0.15) is 5.44 Å². The molecule has 1 unspecified atom stereocenters. The zero-order valence-electron chi connectivity index (χ0n) is 5.30. The molecule has 0 rings (SSSR count). The van der Waals surface area contributed by atoms with E-state index in [1.807, 2.05) is 13.2 Å². The quantitative estimate of drug-likeness (QED) is 0.440. The molecule has 0 fully saturated rings. The zero-order chi connectivity index (χ0) is 6.57. The average molecular weight is 150 g/mol. The van der Waals surface area contributed by atoms with Crippen molar-refractivity contribution in [3.05, 3.63) is 0 Å². The molecule has 0 aliphatic carbocycles. The number of hydrogen-bond donors (Lipinski definition) is 0. The van der Waals surface area contributed by atoms with E-state index in [1.165, 1.54) is 0 Å². The number of ether oxygens (including phenoxy) is 1. The lowest BCUT2D eigenvalue weighted by molar-refractivity contribution is 0.301. The van der Waals surface area contributed by atoms with Crippen LogP contribution in [0.4, 0.5) is 0 Å². The topological polar surface area (TPSA) is 9.23 Å². The van der Waals surface area contributed by atoms with Crippen LogP contribution in [0.15, 0.2) is 0 Å². The Morgan fingerprint density at radius 2 is 2.25 bits per heavy atom. The molecule has 1 nitrogen and oxygen atoms in total. The lowest BCUT2D eigenvalue weighted by atomic mass is 10.8. The standard InChI is InChI=1S/C5H10OS2/c1-4(7)6-5(2)8-3/h5H,1-3H3. The molecule has 0 spiro atoms. The molecule has 1 atom stereocenters. The summed E-state index contributed by atoms with van der Waals surface area (Å²) in [6, 6.07) is 0. The van der Waals surface area contributed by atoms with Crippen molar-refractivity contribution in [1.82, 2.24) is 0 Å². The summed E-state index contributed by atoms with van der Waals surface area (Å²) in [5.74, 6) is 0. The smallest absolute Gasteiger partial charge is 0.158 e. The molecule has 8 heavy (non-hydrogen) atoms. The van der Waals surface area contributed by atoms with Gasteiger partial charge in [-0.25, -0.2) is 0 Å². The van der Waals surface area contributed by atoms with Gasteiger partial charge in [-0.3, -0.25) is 0 Å². The summed E-state index contributed by atoms with van der Waals surface area (Å²) in [5.41, 5.74) is 0.201. The van der Waals surface area contributed by atoms with Crippen molar-refractivity contribution in [2.75, 3.05) is 6.26 Å². The van der Waals surface area contributed by atoms with Crippen molar-refractivity contribution in [3.8, 4) is 0 Å². The van der Waals surface area contributed by atoms with Crippen molar-refractivity contribution >= 4 is 29.0 Å². The summed E-state index contributed by atoms with van der Waals surface area (Å²) < 4.78 is 5.09. The third-order valence-electron chi connectivity index (χ3n) is 0.664. The molecule has 3 heteroatoms. The summed E-state index contributed by atoms with van der Waals surface area (Å²) in [6.45, 7) is 3.75. The summed E-state index contributed by atoms with van der Waals surface area (Å²) >= 11 is 6.35. The van der Waals surface area contributed by atoms with E-state index in [-0.39, 0.29) is 5.44 Å². The van der Waals surface area contributed by atoms with Crippen molar-refractivity contribution in [3.63, 3.8) is 0 Å². The van der Waals surface area contributed by atoms with Gasteiger partial charge in [-0.2, -0.15) is 0 Å². The van der Waals surface area contributed by atoms with Gasteiger partial charge in [0.05, 0.1) is 0 Å². The third-order valence-corrected chi connectivity index (χ3v) is 1.52. The maximum absolute atomic E-state index is 5.09. The van der Waals surface area contributed by atoms with E-state index >= 15 is 0 Å². The van der Waals surface area contributed by atoms with Gasteiger partial charge in [-0.05, 0) is 25.4 Å². The van der Waals surface area contributed by atoms with E-state index in [0.717, 1.165) is 0 Å². The Morgan fingerprint density at radius 1 is 1.75 bits per heavy atom. The lowest BCUT2D eigenvalue weighted by Gasteiger charge is -2.08. The van der Waals surface area contributed by atoms with Crippen molar-refractivity contribution in [2.45, 2.75) is 19.3 Å². The molecule has 0 aliphatic heterocycles. The first kappa shape index (κ1) is 8.24. The van der Waals surface area contributed by atoms with E-state index in [1.54, 1.807) is 18.7 Å². The highest BCUT2D eigenvalue weighted by Crippen LogP contribution is 2.06. The van der Waals surface area contributed by atoms with Gasteiger partial charge in [-0.15, -0.1) is 11.8 Å². The predicted octanol–water partition coefficient (Wildman–Crippen LogP) is 2.06. The summed E-state index contributed by atoms with van der Waals surface area (Å²) in [4.78, 5) is 0. The second-order valence-electron chi connectivity index (χ2n) is 1.41. The first-order valence-corrected chi connectivity index (χ1v) is 4.06. The molecule has 0 bridgehead atoms. The van der Waals surface area contributed by atoms with E-state index in [4.69, 9.17) is 17.0 Å². The molecule has 0 saturated heterocycles. The van der Waals surface area contributed by atoms with Crippen LogP contribution in [0.3, 0.4) is 0 Å². The van der Waals surface area contributed by atoms with Crippen molar-refractivity contribution in [1.29, 1.82) is 0 Å². The van der Waals surface area contributed by atoms with Gasteiger partial charge in [0, 0.05) is 6.92 Å². The maximum Gasteiger partial charge on any atom is 0.158 e. The maximum atomic E-state index is 5.09. The fourth-order valence-corrected chi connectivity index (χ4v) is 0.728. The van der Waals surface area contributed by atoms with Crippen LogP contribution in [0.2, 0.25) is 0 Å². The summed E-state index contributed by atoms with van der Waals surface area (Å²) in [6.07, 6.45) is 1.99. The first-order chi connectivity index (χ1) is 3.66. The van der Waals surface area contributed by atoms with Gasteiger partial charge in [0.25, 0.3) is 0 Å². The second-order valence-corrected chi connectivity index (χ2v) is 3.12. The van der Waals surface area contributed by atoms with Crippen LogP contribution in [0, 0.1) is 0 Å². The number of hydrogen-bond acceptors (Lipinski definition) is 3. The molecule has 0 aromatic heterocycles. The Hall–Kier alpha value is 0.240. The van der Waals surface area contributed by atoms with Crippen LogP contribution in [0.25, 0.3) is 0 Å². The van der Waals surface area contributed by atoms with Gasteiger partial charge in [0.2, 0.25) is 0 Å². The molecule has 0 aliphatic rings. The normalized spacial score (nSPS) is 12.9. The Bertz CT molecular complexity index is 82.5. The zero-order valence-corrected chi connectivity index (χ0v) is 6.94. The number of rotatable bonds is 2. The lowest BCUT2D eigenvalue weighted by Crippen LogP contribution is -2.04. The molecule has 0 aromatic carbocycles. The SMILES string of the molecule is CSC(C)OC(C)=S. The number of thiocarbonyl (C=S) groups is 1. The molecule has 0 saturated carbocycles. The summed E-state index contributed by atoms with van der Waals surface area (Å²) in [7, 11) is 0. The van der Waals surface area contributed by atoms with Crippen LogP contribution in [-0.4, -0.2) is 16.7 Å². The molecule has 0 N–H and O–H groups in total. The Balaban J connectivity index is 3.24. The summed E-state index contributed by atoms with van der Waals surface area (Å²) in [5, 5.41) is 0.617. The minimum Gasteiger partial charge on any atom is -0.474 e. The Labute approximate surface area is 59.8 Å². The minimum absolute atomic E-state index is 0.201. The highest BCUT2D eigenvalue weighted by atomic mass is 32.2. The van der Waals surface area contributed by atoms with Gasteiger partial charge in [0.15, 0.2) is 5.05 Å². The molecule has 48 valence electrons. The van der Waals surface area contributed by atoms with Crippen LogP contribution in [0.1, 0.15) is 13.8 Å². The molecule has 0 radical (unpaired) electrons. The van der Waals surface area contributed by atoms with E-state index in [2.05, 4.69) is 0 Å². The highest BCUT2D eigenvalue weighted by Gasteiger charge is 1.96. The van der Waals surface area contributed by atoms with Crippen LogP contribution < -0.4 is 0 Å². The van der Waals surface area contributed by atoms with E-state index < -0.39 is 0 Å². The molecule has 0 amide bonds. The molecular formula is C5H10OS2. The van der Waals surface area contributed by atoms with Crippen LogP contribution >= 0.6 is 24.0 Å². The highest BCUT2D eigenvalue weighted by molar-refractivity contribution is 7.99. The minimum atomic E-state index is 0.201. The second kappa shape index (κ2) is 4.15. The Kier molecular flexibility index (Phi) is 4.28. The fourth-order valence-electron chi connectivity index (χ4n) is 0.282. The van der Waals surface area contributed by atoms with Gasteiger partial charge < -0.3 is 4.74 Å². The van der Waals surface area contributed by atoms with E-state index in [0.29, 0.717) is 5.05 Å². The third kappa shape index (κ3) is 4.40. The molecule has 0 heterocycles. The van der Waals surface area contributed by atoms with Crippen LogP contribution in [-0.2, 0) is 4.74 Å². The predicted molar refractivity (Wildman–Crippen MR) is 42.3 cm³/mol. The first-order valence-electron chi connectivity index (χ1n) is 2.37. The molecule has 0 aromatic rings. The van der Waals surface area contributed by atoms with Crippen molar-refractivity contribution in [2.24, 2.45) is 0 Å². The van der Waals surface area contributed by atoms with Gasteiger partial charge in [-0.1, -0.05) is 0 Å². The average Bonchev–Trinajstić information content (AvgIpc) is 1.65. The van der Waals surface area contributed by atoms with Gasteiger partial charge >= 0.3 is 0 Å². The van der Waals surface area contributed by atoms with Crippen molar-refractivity contribution < 1.29 is 4.74 Å². The Morgan fingerprint density at radius 3 is 2.38 bits per heavy atom. The monoisotopic (exact) mass is 150 g/mol.